The first-order chi connectivity index (χ1) is 9.65. The highest BCUT2D eigenvalue weighted by atomic mass is 79.9. The van der Waals surface area contributed by atoms with Gasteiger partial charge in [-0.15, -0.1) is 0 Å². The lowest BCUT2D eigenvalue weighted by molar-refractivity contribution is 0.124. The first-order valence-electron chi connectivity index (χ1n) is 7.66. The van der Waals surface area contributed by atoms with Gasteiger partial charge in [-0.25, -0.2) is 0 Å². The number of rotatable bonds is 5. The molecule has 2 aliphatic carbocycles. The van der Waals surface area contributed by atoms with E-state index in [4.69, 9.17) is 4.74 Å². The fraction of sp³-hybridized carbons (Fsp3) is 0.647. The van der Waals surface area contributed by atoms with Crippen molar-refractivity contribution in [3.63, 3.8) is 0 Å². The average Bonchev–Trinajstić information content (AvgIpc) is 3.01. The standard InChI is InChI=1S/C17H23BrO2/c1-20-17-5-4-15(18)8-14(17)10-16(19)9-13-7-11-2-3-12(13)6-11/h4-5,8,11-13,16,19H,2-3,6-7,9-10H2,1H3. The van der Waals surface area contributed by atoms with Crippen molar-refractivity contribution in [3.05, 3.63) is 28.2 Å². The number of aliphatic hydroxyl groups excluding tert-OH is 1. The second kappa shape index (κ2) is 6.07. The van der Waals surface area contributed by atoms with Crippen molar-refractivity contribution in [2.45, 2.75) is 44.6 Å². The van der Waals surface area contributed by atoms with Crippen LogP contribution in [0.5, 0.6) is 5.75 Å². The van der Waals surface area contributed by atoms with Gasteiger partial charge in [0, 0.05) is 10.9 Å². The van der Waals surface area contributed by atoms with Gasteiger partial charge in [-0.05, 0) is 67.2 Å². The molecule has 2 fully saturated rings. The van der Waals surface area contributed by atoms with Gasteiger partial charge in [-0.1, -0.05) is 22.4 Å². The molecule has 3 heteroatoms. The normalized spacial score (nSPS) is 29.6. The van der Waals surface area contributed by atoms with Crippen molar-refractivity contribution in [3.8, 4) is 5.75 Å². The van der Waals surface area contributed by atoms with Gasteiger partial charge in [0.25, 0.3) is 0 Å². The van der Waals surface area contributed by atoms with Gasteiger partial charge >= 0.3 is 0 Å². The summed E-state index contributed by atoms with van der Waals surface area (Å²) in [5, 5.41) is 10.4. The molecule has 4 unspecified atom stereocenters. The van der Waals surface area contributed by atoms with Crippen molar-refractivity contribution in [1.82, 2.24) is 0 Å². The number of aliphatic hydroxyl groups is 1. The van der Waals surface area contributed by atoms with Crippen LogP contribution < -0.4 is 4.74 Å². The molecule has 110 valence electrons. The summed E-state index contributed by atoms with van der Waals surface area (Å²) in [6.07, 6.45) is 6.98. The maximum atomic E-state index is 10.4. The maximum Gasteiger partial charge on any atom is 0.122 e. The molecule has 0 spiro atoms. The Morgan fingerprint density at radius 2 is 2.20 bits per heavy atom. The van der Waals surface area contributed by atoms with Crippen LogP contribution in [0.4, 0.5) is 0 Å². The van der Waals surface area contributed by atoms with E-state index < -0.39 is 0 Å². The van der Waals surface area contributed by atoms with Crippen molar-refractivity contribution >= 4 is 15.9 Å². The molecular formula is C17H23BrO2. The molecule has 3 rings (SSSR count). The van der Waals surface area contributed by atoms with E-state index in [1.54, 1.807) is 7.11 Å². The Hall–Kier alpha value is -0.540. The van der Waals surface area contributed by atoms with Gasteiger partial charge in [-0.3, -0.25) is 0 Å². The Bertz CT molecular complexity index is 474. The lowest BCUT2D eigenvalue weighted by Gasteiger charge is -2.24. The minimum Gasteiger partial charge on any atom is -0.496 e. The Morgan fingerprint density at radius 1 is 1.35 bits per heavy atom. The summed E-state index contributed by atoms with van der Waals surface area (Å²) >= 11 is 3.49. The number of fused-ring (bicyclic) bond motifs is 2. The van der Waals surface area contributed by atoms with E-state index in [2.05, 4.69) is 22.0 Å². The predicted molar refractivity (Wildman–Crippen MR) is 84.0 cm³/mol. The number of methoxy groups -OCH3 is 1. The molecule has 1 aromatic carbocycles. The van der Waals surface area contributed by atoms with E-state index in [0.29, 0.717) is 6.42 Å². The number of halogens is 1. The average molecular weight is 339 g/mol. The molecule has 0 radical (unpaired) electrons. The van der Waals surface area contributed by atoms with Crippen LogP contribution in [-0.2, 0) is 6.42 Å². The highest BCUT2D eigenvalue weighted by Gasteiger charge is 2.39. The molecule has 0 amide bonds. The number of ether oxygens (including phenoxy) is 1. The van der Waals surface area contributed by atoms with Crippen molar-refractivity contribution in [2.24, 2.45) is 17.8 Å². The summed E-state index contributed by atoms with van der Waals surface area (Å²) in [6, 6.07) is 6.00. The fourth-order valence-electron chi connectivity index (χ4n) is 4.26. The molecule has 0 saturated heterocycles. The van der Waals surface area contributed by atoms with E-state index in [1.165, 1.54) is 25.7 Å². The number of hydrogen-bond acceptors (Lipinski definition) is 2. The maximum absolute atomic E-state index is 10.4. The zero-order chi connectivity index (χ0) is 14.1. The van der Waals surface area contributed by atoms with Crippen LogP contribution in [0.1, 0.15) is 37.7 Å². The summed E-state index contributed by atoms with van der Waals surface area (Å²) in [7, 11) is 1.69. The Kier molecular flexibility index (Phi) is 4.37. The van der Waals surface area contributed by atoms with Gasteiger partial charge in [0.05, 0.1) is 13.2 Å². The molecule has 0 heterocycles. The second-order valence-electron chi connectivity index (χ2n) is 6.48. The molecule has 2 nitrogen and oxygen atoms in total. The highest BCUT2D eigenvalue weighted by molar-refractivity contribution is 9.10. The van der Waals surface area contributed by atoms with E-state index >= 15 is 0 Å². The minimum absolute atomic E-state index is 0.248. The van der Waals surface area contributed by atoms with Crippen LogP contribution in [0.25, 0.3) is 0 Å². The van der Waals surface area contributed by atoms with Gasteiger partial charge in [0.15, 0.2) is 0 Å². The predicted octanol–water partition coefficient (Wildman–Crippen LogP) is 4.19. The first kappa shape index (κ1) is 14.4. The smallest absolute Gasteiger partial charge is 0.122 e. The lowest BCUT2D eigenvalue weighted by atomic mass is 9.84. The van der Waals surface area contributed by atoms with Crippen molar-refractivity contribution in [2.75, 3.05) is 7.11 Å². The van der Waals surface area contributed by atoms with E-state index in [1.807, 2.05) is 12.1 Å². The van der Waals surface area contributed by atoms with E-state index in [9.17, 15) is 5.11 Å². The largest absolute Gasteiger partial charge is 0.496 e. The van der Waals surface area contributed by atoms with Gasteiger partial charge < -0.3 is 9.84 Å². The molecule has 1 aromatic rings. The molecule has 2 bridgehead atoms. The molecule has 0 aromatic heterocycles. The van der Waals surface area contributed by atoms with E-state index in [-0.39, 0.29) is 6.10 Å². The minimum atomic E-state index is -0.248. The molecule has 20 heavy (non-hydrogen) atoms. The summed E-state index contributed by atoms with van der Waals surface area (Å²) < 4.78 is 6.43. The second-order valence-corrected chi connectivity index (χ2v) is 7.40. The highest BCUT2D eigenvalue weighted by Crippen LogP contribution is 2.50. The summed E-state index contributed by atoms with van der Waals surface area (Å²) in [4.78, 5) is 0. The molecule has 1 N–H and O–H groups in total. The Morgan fingerprint density at radius 3 is 2.85 bits per heavy atom. The van der Waals surface area contributed by atoms with Crippen molar-refractivity contribution < 1.29 is 9.84 Å². The van der Waals surface area contributed by atoms with Crippen LogP contribution in [0.15, 0.2) is 22.7 Å². The van der Waals surface area contributed by atoms with Crippen LogP contribution in [0.3, 0.4) is 0 Å². The van der Waals surface area contributed by atoms with Crippen molar-refractivity contribution in [1.29, 1.82) is 0 Å². The van der Waals surface area contributed by atoms with Crippen LogP contribution in [0, 0.1) is 17.8 Å². The molecule has 0 aliphatic heterocycles. The SMILES string of the molecule is COc1ccc(Br)cc1CC(O)CC1CC2CCC1C2. The van der Waals surface area contributed by atoms with Gasteiger partial charge in [0.2, 0.25) is 0 Å². The third-order valence-corrected chi connectivity index (χ3v) is 5.65. The molecule has 2 aliphatic rings. The summed E-state index contributed by atoms with van der Waals surface area (Å²) in [6.45, 7) is 0. The topological polar surface area (TPSA) is 29.5 Å². The Labute approximate surface area is 129 Å². The van der Waals surface area contributed by atoms with Gasteiger partial charge in [0.1, 0.15) is 5.75 Å². The monoisotopic (exact) mass is 338 g/mol. The summed E-state index contributed by atoms with van der Waals surface area (Å²) in [5.74, 6) is 3.47. The zero-order valence-electron chi connectivity index (χ0n) is 12.0. The fourth-order valence-corrected chi connectivity index (χ4v) is 4.67. The third-order valence-electron chi connectivity index (χ3n) is 5.16. The quantitative estimate of drug-likeness (QED) is 0.872. The van der Waals surface area contributed by atoms with Crippen LogP contribution in [0.2, 0.25) is 0 Å². The number of benzene rings is 1. The Balaban J connectivity index is 1.61. The lowest BCUT2D eigenvalue weighted by Crippen LogP contribution is -2.20. The number of hydrogen-bond donors (Lipinski definition) is 1. The van der Waals surface area contributed by atoms with Crippen LogP contribution in [-0.4, -0.2) is 18.3 Å². The van der Waals surface area contributed by atoms with Crippen LogP contribution >= 0.6 is 15.9 Å². The molecular weight excluding hydrogens is 316 g/mol. The third kappa shape index (κ3) is 3.04. The van der Waals surface area contributed by atoms with Gasteiger partial charge in [-0.2, -0.15) is 0 Å². The molecule has 2 saturated carbocycles. The first-order valence-corrected chi connectivity index (χ1v) is 8.45. The summed E-state index contributed by atoms with van der Waals surface area (Å²) in [5.41, 5.74) is 1.09. The van der Waals surface area contributed by atoms with E-state index in [0.717, 1.165) is 40.0 Å². The zero-order valence-corrected chi connectivity index (χ0v) is 13.6. The molecule has 4 atom stereocenters.